The number of benzene rings is 1. The van der Waals surface area contributed by atoms with E-state index in [9.17, 15) is 9.50 Å². The Morgan fingerprint density at radius 3 is 2.54 bits per heavy atom. The Morgan fingerprint density at radius 2 is 1.96 bits per heavy atom. The average molecular weight is 451 g/mol. The quantitative estimate of drug-likeness (QED) is 0.306. The molecule has 1 aromatic rings. The van der Waals surface area contributed by atoms with Crippen LogP contribution in [0.1, 0.15) is 39.2 Å². The van der Waals surface area contributed by atoms with E-state index >= 15 is 0 Å². The Bertz CT molecular complexity index is 483. The molecule has 0 aliphatic rings. The van der Waals surface area contributed by atoms with Crippen LogP contribution in [0.5, 0.6) is 0 Å². The maximum atomic E-state index is 13.6. The predicted octanol–water partition coefficient (Wildman–Crippen LogP) is 3.54. The topological polar surface area (TPSA) is 56.7 Å². The monoisotopic (exact) mass is 451 g/mol. The van der Waals surface area contributed by atoms with Gasteiger partial charge < -0.3 is 15.7 Å². The second kappa shape index (κ2) is 13.4. The number of nitrogens with zero attached hydrogens (tertiary/aromatic N) is 1. The summed E-state index contributed by atoms with van der Waals surface area (Å²) < 4.78 is 13.6. The van der Waals surface area contributed by atoms with Crippen LogP contribution >= 0.6 is 24.0 Å². The summed E-state index contributed by atoms with van der Waals surface area (Å²) in [5.74, 6) is 1.44. The van der Waals surface area contributed by atoms with Crippen molar-refractivity contribution in [2.75, 3.05) is 19.7 Å². The molecule has 0 fully saturated rings. The summed E-state index contributed by atoms with van der Waals surface area (Å²) in [6, 6.07) is 6.69. The molecule has 1 aromatic carbocycles. The van der Waals surface area contributed by atoms with E-state index < -0.39 is 0 Å². The summed E-state index contributed by atoms with van der Waals surface area (Å²) in [4.78, 5) is 4.45. The largest absolute Gasteiger partial charge is 0.396 e. The number of aliphatic imine (C=N–C) groups is 1. The summed E-state index contributed by atoms with van der Waals surface area (Å²) in [6.45, 7) is 8.36. The molecule has 3 N–H and O–H groups in total. The van der Waals surface area contributed by atoms with Crippen LogP contribution in [0.4, 0.5) is 4.39 Å². The van der Waals surface area contributed by atoms with Gasteiger partial charge in [0.05, 0.1) is 6.54 Å². The third-order valence-corrected chi connectivity index (χ3v) is 3.61. The van der Waals surface area contributed by atoms with Crippen molar-refractivity contribution < 1.29 is 9.50 Å². The summed E-state index contributed by atoms with van der Waals surface area (Å²) in [5, 5.41) is 15.7. The Kier molecular flexibility index (Phi) is 12.9. The molecule has 24 heavy (non-hydrogen) atoms. The smallest absolute Gasteiger partial charge is 0.191 e. The first-order valence-corrected chi connectivity index (χ1v) is 8.43. The van der Waals surface area contributed by atoms with Crippen molar-refractivity contribution in [3.05, 3.63) is 35.6 Å². The molecule has 138 valence electrons. The van der Waals surface area contributed by atoms with E-state index in [-0.39, 0.29) is 36.4 Å². The zero-order valence-corrected chi connectivity index (χ0v) is 17.2. The van der Waals surface area contributed by atoms with Gasteiger partial charge in [0.2, 0.25) is 0 Å². The van der Waals surface area contributed by atoms with Gasteiger partial charge in [-0.25, -0.2) is 9.38 Å². The van der Waals surface area contributed by atoms with Gasteiger partial charge in [0.25, 0.3) is 0 Å². The van der Waals surface area contributed by atoms with E-state index in [1.807, 2.05) is 13.0 Å². The Morgan fingerprint density at radius 1 is 1.25 bits per heavy atom. The molecule has 0 spiro atoms. The van der Waals surface area contributed by atoms with Gasteiger partial charge in [0.15, 0.2) is 5.96 Å². The summed E-state index contributed by atoms with van der Waals surface area (Å²) in [5.41, 5.74) is 0.582. The molecule has 6 heteroatoms. The zero-order chi connectivity index (χ0) is 17.1. The third-order valence-electron chi connectivity index (χ3n) is 3.61. The molecule has 0 saturated heterocycles. The maximum Gasteiger partial charge on any atom is 0.191 e. The first-order valence-electron chi connectivity index (χ1n) is 8.43. The van der Waals surface area contributed by atoms with Crippen LogP contribution in [-0.4, -0.2) is 30.8 Å². The van der Waals surface area contributed by atoms with Gasteiger partial charge in [0, 0.05) is 25.3 Å². The van der Waals surface area contributed by atoms with Gasteiger partial charge in [-0.3, -0.25) is 0 Å². The van der Waals surface area contributed by atoms with Crippen molar-refractivity contribution in [3.8, 4) is 0 Å². The van der Waals surface area contributed by atoms with Crippen molar-refractivity contribution in [1.29, 1.82) is 0 Å². The third kappa shape index (κ3) is 9.42. The van der Waals surface area contributed by atoms with E-state index in [1.54, 1.807) is 12.1 Å². The molecule has 1 unspecified atom stereocenters. The number of rotatable bonds is 9. The second-order valence-electron chi connectivity index (χ2n) is 6.18. The summed E-state index contributed by atoms with van der Waals surface area (Å²) in [7, 11) is 0. The van der Waals surface area contributed by atoms with Gasteiger partial charge in [-0.15, -0.1) is 24.0 Å². The molecule has 4 nitrogen and oxygen atoms in total. The lowest BCUT2D eigenvalue weighted by atomic mass is 9.94. The molecule has 0 aliphatic carbocycles. The number of nitrogens with one attached hydrogen (secondary N) is 2. The zero-order valence-electron chi connectivity index (χ0n) is 14.9. The van der Waals surface area contributed by atoms with Crippen LogP contribution in [0.3, 0.4) is 0 Å². The fourth-order valence-electron chi connectivity index (χ4n) is 2.53. The molecular weight excluding hydrogens is 420 g/mol. The van der Waals surface area contributed by atoms with Gasteiger partial charge in [-0.1, -0.05) is 32.0 Å². The lowest BCUT2D eigenvalue weighted by Crippen LogP contribution is -2.40. The fraction of sp³-hybridized carbons (Fsp3) is 0.611. The minimum Gasteiger partial charge on any atom is -0.396 e. The van der Waals surface area contributed by atoms with E-state index in [1.165, 1.54) is 6.07 Å². The Balaban J connectivity index is 0.00000529. The normalized spacial score (nSPS) is 12.7. The number of halogens is 2. The van der Waals surface area contributed by atoms with Gasteiger partial charge in [-0.05, 0) is 37.7 Å². The first-order chi connectivity index (χ1) is 11.1. The molecule has 0 aromatic heterocycles. The molecule has 0 aliphatic heterocycles. The summed E-state index contributed by atoms with van der Waals surface area (Å²) in [6.07, 6.45) is 1.83. The summed E-state index contributed by atoms with van der Waals surface area (Å²) >= 11 is 0. The molecule has 0 heterocycles. The first kappa shape index (κ1) is 23.1. The van der Waals surface area contributed by atoms with Gasteiger partial charge in [-0.2, -0.15) is 0 Å². The Labute approximate surface area is 162 Å². The van der Waals surface area contributed by atoms with E-state index in [0.717, 1.165) is 25.9 Å². The number of hydrogen-bond donors (Lipinski definition) is 3. The van der Waals surface area contributed by atoms with Crippen molar-refractivity contribution in [3.63, 3.8) is 0 Å². The predicted molar refractivity (Wildman–Crippen MR) is 109 cm³/mol. The van der Waals surface area contributed by atoms with E-state index in [0.29, 0.717) is 29.9 Å². The number of aliphatic hydroxyl groups is 1. The fourth-order valence-corrected chi connectivity index (χ4v) is 2.53. The van der Waals surface area contributed by atoms with Crippen LogP contribution in [0.2, 0.25) is 0 Å². The second-order valence-corrected chi connectivity index (χ2v) is 6.18. The lowest BCUT2D eigenvalue weighted by molar-refractivity contribution is 0.243. The van der Waals surface area contributed by atoms with E-state index in [4.69, 9.17) is 0 Å². The van der Waals surface area contributed by atoms with E-state index in [2.05, 4.69) is 29.5 Å². The van der Waals surface area contributed by atoms with Gasteiger partial charge in [0.1, 0.15) is 5.82 Å². The molecule has 1 rings (SSSR count). The van der Waals surface area contributed by atoms with Crippen LogP contribution in [0.15, 0.2) is 29.3 Å². The van der Waals surface area contributed by atoms with Crippen LogP contribution in [-0.2, 0) is 6.54 Å². The molecule has 1 atom stereocenters. The molecule has 0 radical (unpaired) electrons. The highest BCUT2D eigenvalue weighted by Crippen LogP contribution is 2.14. The van der Waals surface area contributed by atoms with Crippen molar-refractivity contribution in [1.82, 2.24) is 10.6 Å². The van der Waals surface area contributed by atoms with Crippen molar-refractivity contribution >= 4 is 29.9 Å². The Hall–Kier alpha value is -0.890. The number of aliphatic hydroxyl groups excluding tert-OH is 1. The SMILES string of the molecule is CCNC(=NCc1ccccc1F)NCC(CCO)CC(C)C.I. The molecule has 0 amide bonds. The van der Waals surface area contributed by atoms with Crippen LogP contribution in [0, 0.1) is 17.7 Å². The highest BCUT2D eigenvalue weighted by molar-refractivity contribution is 14.0. The highest BCUT2D eigenvalue weighted by Gasteiger charge is 2.11. The van der Waals surface area contributed by atoms with Crippen molar-refractivity contribution in [2.45, 2.75) is 40.2 Å². The minimum absolute atomic E-state index is 0. The number of hydrogen-bond acceptors (Lipinski definition) is 2. The highest BCUT2D eigenvalue weighted by atomic mass is 127. The van der Waals surface area contributed by atoms with Crippen LogP contribution < -0.4 is 10.6 Å². The molecule has 0 saturated carbocycles. The number of guanidine groups is 1. The molecular formula is C18H31FIN3O. The lowest BCUT2D eigenvalue weighted by Gasteiger charge is -2.20. The van der Waals surface area contributed by atoms with Gasteiger partial charge >= 0.3 is 0 Å². The molecule has 0 bridgehead atoms. The standard InChI is InChI=1S/C18H30FN3O.HI/c1-4-20-18(21-12-15(9-10-23)11-14(2)3)22-13-16-7-5-6-8-17(16)19;/h5-8,14-15,23H,4,9-13H2,1-3H3,(H2,20,21,22);1H. The van der Waals surface area contributed by atoms with Crippen molar-refractivity contribution in [2.24, 2.45) is 16.8 Å². The average Bonchev–Trinajstić information content (AvgIpc) is 2.51. The minimum atomic E-state index is -0.231. The maximum absolute atomic E-state index is 13.6. The van der Waals surface area contributed by atoms with Crippen LogP contribution in [0.25, 0.3) is 0 Å².